The van der Waals surface area contributed by atoms with Gasteiger partial charge in [-0.3, -0.25) is 9.59 Å². The van der Waals surface area contributed by atoms with Gasteiger partial charge in [-0.1, -0.05) is 30.3 Å². The van der Waals surface area contributed by atoms with Crippen LogP contribution in [-0.4, -0.2) is 54.3 Å². The van der Waals surface area contributed by atoms with Crippen LogP contribution < -0.4 is 0 Å². The molecule has 1 aliphatic rings. The number of carbonyl (C=O) groups is 2. The van der Waals surface area contributed by atoms with E-state index >= 15 is 0 Å². The molecule has 1 amide bonds. The monoisotopic (exact) mass is 307 g/mol. The molecule has 0 aliphatic carbocycles. The van der Waals surface area contributed by atoms with Crippen LogP contribution in [0, 0.1) is 0 Å². The first-order valence-corrected chi connectivity index (χ1v) is 7.26. The van der Waals surface area contributed by atoms with Crippen molar-refractivity contribution in [1.82, 2.24) is 4.90 Å². The molecular weight excluding hydrogens is 286 g/mol. The summed E-state index contributed by atoms with van der Waals surface area (Å²) in [7, 11) is 1.49. The maximum absolute atomic E-state index is 12.7. The minimum atomic E-state index is -1.04. The number of carboxylic acid groups (broad SMARTS) is 1. The lowest BCUT2D eigenvalue weighted by Crippen LogP contribution is -2.53. The number of ether oxygens (including phenoxy) is 2. The number of likely N-dealkylation sites (N-methyl/N-ethyl adjacent to an activating group) is 1. The first kappa shape index (κ1) is 16.5. The second-order valence-corrected chi connectivity index (χ2v) is 5.44. The largest absolute Gasteiger partial charge is 0.480 e. The third-order valence-corrected chi connectivity index (χ3v) is 3.77. The number of aliphatic carboxylic acids is 1. The highest BCUT2D eigenvalue weighted by atomic mass is 16.5. The van der Waals surface area contributed by atoms with Crippen LogP contribution in [-0.2, 0) is 25.7 Å². The van der Waals surface area contributed by atoms with Gasteiger partial charge in [-0.15, -0.1) is 0 Å². The molecule has 1 aromatic carbocycles. The molecule has 1 fully saturated rings. The maximum Gasteiger partial charge on any atom is 0.323 e. The van der Waals surface area contributed by atoms with E-state index in [-0.39, 0.29) is 12.5 Å². The SMILES string of the molecule is CN(CC(=O)O)C(=O)C1(OCc2ccccc2)CCOCC1. The van der Waals surface area contributed by atoms with Gasteiger partial charge in [0, 0.05) is 33.1 Å². The van der Waals surface area contributed by atoms with E-state index in [1.54, 1.807) is 0 Å². The first-order chi connectivity index (χ1) is 10.5. The molecule has 22 heavy (non-hydrogen) atoms. The topological polar surface area (TPSA) is 76.1 Å². The van der Waals surface area contributed by atoms with Crippen molar-refractivity contribution in [3.05, 3.63) is 35.9 Å². The standard InChI is InChI=1S/C16H21NO5/c1-17(11-14(18)19)15(20)16(7-9-21-10-8-16)22-12-13-5-3-2-4-6-13/h2-6H,7-12H2,1H3,(H,18,19). The first-order valence-electron chi connectivity index (χ1n) is 7.26. The molecule has 1 aromatic rings. The van der Waals surface area contributed by atoms with Gasteiger partial charge in [-0.05, 0) is 5.56 Å². The molecule has 0 radical (unpaired) electrons. The summed E-state index contributed by atoms with van der Waals surface area (Å²) in [5.41, 5.74) is -0.0276. The van der Waals surface area contributed by atoms with Crippen molar-refractivity contribution in [2.24, 2.45) is 0 Å². The Morgan fingerprint density at radius 1 is 1.27 bits per heavy atom. The maximum atomic E-state index is 12.7. The van der Waals surface area contributed by atoms with Gasteiger partial charge in [-0.25, -0.2) is 0 Å². The van der Waals surface area contributed by atoms with Crippen molar-refractivity contribution in [3.8, 4) is 0 Å². The number of rotatable bonds is 6. The molecule has 1 N–H and O–H groups in total. The summed E-state index contributed by atoms with van der Waals surface area (Å²) < 4.78 is 11.3. The van der Waals surface area contributed by atoms with E-state index in [2.05, 4.69) is 0 Å². The summed E-state index contributed by atoms with van der Waals surface area (Å²) in [6, 6.07) is 9.60. The Morgan fingerprint density at radius 3 is 2.50 bits per heavy atom. The summed E-state index contributed by atoms with van der Waals surface area (Å²) in [5, 5.41) is 8.86. The number of carboxylic acids is 1. The van der Waals surface area contributed by atoms with Crippen molar-refractivity contribution in [1.29, 1.82) is 0 Å². The quantitative estimate of drug-likeness (QED) is 0.857. The third-order valence-electron chi connectivity index (χ3n) is 3.77. The minimum absolute atomic E-state index is 0.297. The normalized spacial score (nSPS) is 17.0. The number of carbonyl (C=O) groups excluding carboxylic acids is 1. The van der Waals surface area contributed by atoms with Gasteiger partial charge in [-0.2, -0.15) is 0 Å². The van der Waals surface area contributed by atoms with E-state index in [0.29, 0.717) is 32.7 Å². The number of benzene rings is 1. The zero-order valence-corrected chi connectivity index (χ0v) is 12.7. The lowest BCUT2D eigenvalue weighted by atomic mass is 9.92. The zero-order valence-electron chi connectivity index (χ0n) is 12.7. The average Bonchev–Trinajstić information content (AvgIpc) is 2.53. The molecule has 1 saturated heterocycles. The number of hydrogen-bond donors (Lipinski definition) is 1. The Bertz CT molecular complexity index is 511. The van der Waals surface area contributed by atoms with E-state index in [0.717, 1.165) is 5.56 Å². The van der Waals surface area contributed by atoms with Crippen LogP contribution >= 0.6 is 0 Å². The highest BCUT2D eigenvalue weighted by Gasteiger charge is 2.43. The molecule has 0 unspecified atom stereocenters. The smallest absolute Gasteiger partial charge is 0.323 e. The Hall–Kier alpha value is -1.92. The zero-order chi connectivity index (χ0) is 16.0. The van der Waals surface area contributed by atoms with Gasteiger partial charge in [0.25, 0.3) is 5.91 Å². The number of nitrogens with zero attached hydrogens (tertiary/aromatic N) is 1. The van der Waals surface area contributed by atoms with Crippen molar-refractivity contribution in [2.45, 2.75) is 25.0 Å². The highest BCUT2D eigenvalue weighted by molar-refractivity contribution is 5.88. The molecule has 0 atom stereocenters. The van der Waals surface area contributed by atoms with E-state index in [1.165, 1.54) is 11.9 Å². The Labute approximate surface area is 129 Å². The molecule has 6 heteroatoms. The molecular formula is C16H21NO5. The molecule has 120 valence electrons. The van der Waals surface area contributed by atoms with E-state index < -0.39 is 11.6 Å². The van der Waals surface area contributed by atoms with E-state index in [1.807, 2.05) is 30.3 Å². The fourth-order valence-corrected chi connectivity index (χ4v) is 2.54. The van der Waals surface area contributed by atoms with Crippen molar-refractivity contribution in [3.63, 3.8) is 0 Å². The predicted octanol–water partition coefficient (Wildman–Crippen LogP) is 1.30. The molecule has 0 saturated carbocycles. The van der Waals surface area contributed by atoms with Crippen LogP contribution in [0.3, 0.4) is 0 Å². The molecule has 6 nitrogen and oxygen atoms in total. The van der Waals surface area contributed by atoms with Crippen molar-refractivity contribution in [2.75, 3.05) is 26.8 Å². The minimum Gasteiger partial charge on any atom is -0.480 e. The summed E-state index contributed by atoms with van der Waals surface area (Å²) in [6.07, 6.45) is 0.866. The van der Waals surface area contributed by atoms with Gasteiger partial charge < -0.3 is 19.5 Å². The molecule has 0 bridgehead atoms. The Morgan fingerprint density at radius 2 is 1.91 bits per heavy atom. The molecule has 2 rings (SSSR count). The average molecular weight is 307 g/mol. The fourth-order valence-electron chi connectivity index (χ4n) is 2.54. The highest BCUT2D eigenvalue weighted by Crippen LogP contribution is 2.28. The van der Waals surface area contributed by atoms with Gasteiger partial charge in [0.2, 0.25) is 0 Å². The van der Waals surface area contributed by atoms with E-state index in [4.69, 9.17) is 14.6 Å². The fraction of sp³-hybridized carbons (Fsp3) is 0.500. The Balaban J connectivity index is 2.09. The van der Waals surface area contributed by atoms with Crippen LogP contribution in [0.5, 0.6) is 0 Å². The van der Waals surface area contributed by atoms with E-state index in [9.17, 15) is 9.59 Å². The third kappa shape index (κ3) is 4.05. The van der Waals surface area contributed by atoms with Crippen LogP contribution in [0.15, 0.2) is 30.3 Å². The predicted molar refractivity (Wildman–Crippen MR) is 79.3 cm³/mol. The molecule has 0 aromatic heterocycles. The second-order valence-electron chi connectivity index (χ2n) is 5.44. The van der Waals surface area contributed by atoms with Gasteiger partial charge in [0.05, 0.1) is 6.61 Å². The van der Waals surface area contributed by atoms with Crippen molar-refractivity contribution < 1.29 is 24.2 Å². The number of amides is 1. The lowest BCUT2D eigenvalue weighted by molar-refractivity contribution is -0.174. The van der Waals surface area contributed by atoms with Crippen LogP contribution in [0.25, 0.3) is 0 Å². The number of hydrogen-bond acceptors (Lipinski definition) is 4. The summed E-state index contributed by atoms with van der Waals surface area (Å²) in [4.78, 5) is 24.7. The van der Waals surface area contributed by atoms with Crippen LogP contribution in [0.2, 0.25) is 0 Å². The lowest BCUT2D eigenvalue weighted by Gasteiger charge is -2.38. The molecule has 1 heterocycles. The molecule has 1 aliphatic heterocycles. The van der Waals surface area contributed by atoms with Crippen LogP contribution in [0.4, 0.5) is 0 Å². The summed E-state index contributed by atoms with van der Waals surface area (Å²) in [5.74, 6) is -1.34. The molecule has 0 spiro atoms. The van der Waals surface area contributed by atoms with Gasteiger partial charge >= 0.3 is 5.97 Å². The van der Waals surface area contributed by atoms with Crippen LogP contribution in [0.1, 0.15) is 18.4 Å². The summed E-state index contributed by atoms with van der Waals surface area (Å²) in [6.45, 7) is 0.840. The van der Waals surface area contributed by atoms with Gasteiger partial charge in [0.1, 0.15) is 6.54 Å². The van der Waals surface area contributed by atoms with Crippen molar-refractivity contribution >= 4 is 11.9 Å². The Kier molecular flexibility index (Phi) is 5.51. The van der Waals surface area contributed by atoms with Gasteiger partial charge in [0.15, 0.2) is 5.60 Å². The summed E-state index contributed by atoms with van der Waals surface area (Å²) >= 11 is 0. The second kappa shape index (κ2) is 7.38.